The van der Waals surface area contributed by atoms with Gasteiger partial charge in [0.25, 0.3) is 0 Å². The lowest BCUT2D eigenvalue weighted by atomic mass is 9.99. The summed E-state index contributed by atoms with van der Waals surface area (Å²) in [5.41, 5.74) is 10.0. The van der Waals surface area contributed by atoms with Gasteiger partial charge in [-0.3, -0.25) is 0 Å². The molecule has 0 fully saturated rings. The van der Waals surface area contributed by atoms with Crippen LogP contribution in [-0.4, -0.2) is 9.55 Å². The predicted molar refractivity (Wildman–Crippen MR) is 154 cm³/mol. The van der Waals surface area contributed by atoms with E-state index in [-0.39, 0.29) is 0 Å². The molecule has 0 aliphatic rings. The van der Waals surface area contributed by atoms with E-state index >= 15 is 0 Å². The second-order valence-corrected chi connectivity index (χ2v) is 9.79. The topological polar surface area (TPSA) is 20.7 Å². The zero-order valence-corrected chi connectivity index (χ0v) is 20.5. The molecule has 7 aromatic rings. The zero-order chi connectivity index (χ0) is 24.1. The molecule has 5 aromatic carbocycles. The second kappa shape index (κ2) is 8.42. The van der Waals surface area contributed by atoms with Crippen molar-refractivity contribution in [1.29, 1.82) is 0 Å². The molecule has 0 atom stereocenters. The Kier molecular flexibility index (Phi) is 4.92. The maximum absolute atomic E-state index is 3.55. The van der Waals surface area contributed by atoms with Gasteiger partial charge in [0.2, 0.25) is 0 Å². The number of hydrogen-bond donors (Lipinski definition) is 1. The highest BCUT2D eigenvalue weighted by atomic mass is 15.0. The van der Waals surface area contributed by atoms with Crippen LogP contribution in [0.5, 0.6) is 0 Å². The Morgan fingerprint density at radius 1 is 0.583 bits per heavy atom. The van der Waals surface area contributed by atoms with E-state index < -0.39 is 0 Å². The molecule has 0 saturated carbocycles. The second-order valence-electron chi connectivity index (χ2n) is 9.79. The summed E-state index contributed by atoms with van der Waals surface area (Å²) in [5.74, 6) is 0. The first kappa shape index (κ1) is 21.0. The number of aromatic nitrogens is 2. The molecule has 0 spiro atoms. The third kappa shape index (κ3) is 3.33. The first-order valence-corrected chi connectivity index (χ1v) is 12.9. The Hall–Kier alpha value is -4.30. The van der Waals surface area contributed by atoms with E-state index in [0.717, 1.165) is 6.42 Å². The smallest absolute Gasteiger partial charge is 0.0541 e. The molecular formula is C34H28N2. The summed E-state index contributed by atoms with van der Waals surface area (Å²) >= 11 is 0. The van der Waals surface area contributed by atoms with Gasteiger partial charge in [0.05, 0.1) is 11.0 Å². The van der Waals surface area contributed by atoms with E-state index in [9.17, 15) is 0 Å². The number of unbranched alkanes of at least 4 members (excludes halogenated alkanes) is 1. The molecule has 2 heteroatoms. The Morgan fingerprint density at radius 2 is 1.25 bits per heavy atom. The van der Waals surface area contributed by atoms with E-state index in [1.807, 2.05) is 0 Å². The lowest BCUT2D eigenvalue weighted by molar-refractivity contribution is 0.796. The number of nitrogens with zero attached hydrogens (tertiary/aromatic N) is 1. The Labute approximate surface area is 210 Å². The van der Waals surface area contributed by atoms with Gasteiger partial charge in [-0.1, -0.05) is 67.9 Å². The number of aryl methyl sites for hydroxylation is 1. The van der Waals surface area contributed by atoms with Crippen molar-refractivity contribution in [2.45, 2.75) is 26.2 Å². The van der Waals surface area contributed by atoms with Crippen LogP contribution in [0.3, 0.4) is 0 Å². The molecule has 2 aromatic heterocycles. The van der Waals surface area contributed by atoms with Gasteiger partial charge in [0.1, 0.15) is 0 Å². The quantitative estimate of drug-likeness (QED) is 0.262. The van der Waals surface area contributed by atoms with Crippen molar-refractivity contribution >= 4 is 43.6 Å². The van der Waals surface area contributed by atoms with Crippen LogP contribution in [-0.2, 0) is 6.42 Å². The van der Waals surface area contributed by atoms with E-state index in [1.54, 1.807) is 0 Å². The van der Waals surface area contributed by atoms with Crippen molar-refractivity contribution in [2.24, 2.45) is 0 Å². The summed E-state index contributed by atoms with van der Waals surface area (Å²) in [4.78, 5) is 3.55. The molecule has 7 rings (SSSR count). The summed E-state index contributed by atoms with van der Waals surface area (Å²) in [6, 6.07) is 40.0. The first-order valence-electron chi connectivity index (χ1n) is 12.9. The highest BCUT2D eigenvalue weighted by Gasteiger charge is 2.14. The molecule has 0 aliphatic heterocycles. The van der Waals surface area contributed by atoms with E-state index in [0.29, 0.717) is 0 Å². The molecule has 174 valence electrons. The van der Waals surface area contributed by atoms with Crippen LogP contribution in [0, 0.1) is 0 Å². The predicted octanol–water partition coefficient (Wildman–Crippen LogP) is 9.43. The van der Waals surface area contributed by atoms with Crippen molar-refractivity contribution in [3.63, 3.8) is 0 Å². The number of fused-ring (bicyclic) bond motifs is 6. The van der Waals surface area contributed by atoms with E-state index in [2.05, 4.69) is 126 Å². The SMILES string of the molecule is CCCCc1ccc2c(c1)c1cc(-c3ccc4[nH]c5ccccc5c4c3)ccc1n2-c1ccccc1. The van der Waals surface area contributed by atoms with Crippen molar-refractivity contribution < 1.29 is 0 Å². The van der Waals surface area contributed by atoms with Crippen molar-refractivity contribution in [3.8, 4) is 16.8 Å². The molecule has 2 heterocycles. The molecule has 0 unspecified atom stereocenters. The van der Waals surface area contributed by atoms with Crippen LogP contribution >= 0.6 is 0 Å². The van der Waals surface area contributed by atoms with Crippen LogP contribution in [0.15, 0.2) is 109 Å². The number of H-pyrrole nitrogens is 1. The van der Waals surface area contributed by atoms with Gasteiger partial charge < -0.3 is 9.55 Å². The standard InChI is InChI=1S/C34H28N2/c1-2-3-9-23-14-18-33-29(20-23)30-22-25(16-19-34(30)36(33)26-10-5-4-6-11-26)24-15-17-32-28(21-24)27-12-7-8-13-31(27)35-32/h4-8,10-22,35H,2-3,9H2,1H3. The number of rotatable bonds is 5. The molecule has 0 saturated heterocycles. The highest BCUT2D eigenvalue weighted by Crippen LogP contribution is 2.37. The third-order valence-corrected chi connectivity index (χ3v) is 7.50. The van der Waals surface area contributed by atoms with Crippen LogP contribution < -0.4 is 0 Å². The summed E-state index contributed by atoms with van der Waals surface area (Å²) in [5, 5.41) is 5.19. The fourth-order valence-corrected chi connectivity index (χ4v) is 5.67. The summed E-state index contributed by atoms with van der Waals surface area (Å²) in [7, 11) is 0. The number of benzene rings is 5. The van der Waals surface area contributed by atoms with Gasteiger partial charge in [0, 0.05) is 38.3 Å². The normalized spacial score (nSPS) is 11.8. The van der Waals surface area contributed by atoms with Gasteiger partial charge in [0.15, 0.2) is 0 Å². The Bertz CT molecular complexity index is 1870. The van der Waals surface area contributed by atoms with Gasteiger partial charge >= 0.3 is 0 Å². The highest BCUT2D eigenvalue weighted by molar-refractivity contribution is 6.12. The molecule has 0 bridgehead atoms. The van der Waals surface area contributed by atoms with Crippen LogP contribution in [0.1, 0.15) is 25.3 Å². The van der Waals surface area contributed by atoms with Crippen molar-refractivity contribution in [3.05, 3.63) is 115 Å². The fourth-order valence-electron chi connectivity index (χ4n) is 5.67. The minimum Gasteiger partial charge on any atom is -0.355 e. The average molecular weight is 465 g/mol. The molecule has 1 N–H and O–H groups in total. The maximum Gasteiger partial charge on any atom is 0.0541 e. The summed E-state index contributed by atoms with van der Waals surface area (Å²) in [6.07, 6.45) is 3.56. The minimum absolute atomic E-state index is 1.13. The maximum atomic E-state index is 3.55. The first-order chi connectivity index (χ1) is 17.8. The largest absolute Gasteiger partial charge is 0.355 e. The number of hydrogen-bond acceptors (Lipinski definition) is 0. The molecule has 0 aliphatic carbocycles. The Morgan fingerprint density at radius 3 is 2.08 bits per heavy atom. The van der Waals surface area contributed by atoms with Crippen molar-refractivity contribution in [2.75, 3.05) is 0 Å². The minimum atomic E-state index is 1.13. The number of para-hydroxylation sites is 2. The molecule has 36 heavy (non-hydrogen) atoms. The lowest BCUT2D eigenvalue weighted by Gasteiger charge is -2.08. The summed E-state index contributed by atoms with van der Waals surface area (Å²) < 4.78 is 2.40. The van der Waals surface area contributed by atoms with E-state index in [1.165, 1.54) is 78.8 Å². The van der Waals surface area contributed by atoms with Gasteiger partial charge in [-0.15, -0.1) is 0 Å². The summed E-state index contributed by atoms with van der Waals surface area (Å²) in [6.45, 7) is 2.26. The Balaban J connectivity index is 1.46. The van der Waals surface area contributed by atoms with Gasteiger partial charge in [-0.2, -0.15) is 0 Å². The number of aromatic amines is 1. The fraction of sp³-hybridized carbons (Fsp3) is 0.118. The van der Waals surface area contributed by atoms with Gasteiger partial charge in [-0.25, -0.2) is 0 Å². The van der Waals surface area contributed by atoms with Crippen molar-refractivity contribution in [1.82, 2.24) is 9.55 Å². The third-order valence-electron chi connectivity index (χ3n) is 7.50. The number of nitrogens with one attached hydrogen (secondary N) is 1. The van der Waals surface area contributed by atoms with E-state index in [4.69, 9.17) is 0 Å². The molecule has 2 nitrogen and oxygen atoms in total. The molecule has 0 radical (unpaired) electrons. The van der Waals surface area contributed by atoms with Crippen LogP contribution in [0.2, 0.25) is 0 Å². The zero-order valence-electron chi connectivity index (χ0n) is 20.5. The molecular weight excluding hydrogens is 436 g/mol. The van der Waals surface area contributed by atoms with Gasteiger partial charge in [-0.05, 0) is 84.1 Å². The molecule has 0 amide bonds. The van der Waals surface area contributed by atoms with Crippen LogP contribution in [0.25, 0.3) is 60.4 Å². The lowest BCUT2D eigenvalue weighted by Crippen LogP contribution is -1.93. The van der Waals surface area contributed by atoms with Crippen LogP contribution in [0.4, 0.5) is 0 Å². The average Bonchev–Trinajstić information content (AvgIpc) is 3.47. The monoisotopic (exact) mass is 464 g/mol.